The lowest BCUT2D eigenvalue weighted by Gasteiger charge is -2.17. The van der Waals surface area contributed by atoms with Crippen molar-refractivity contribution in [3.05, 3.63) is 12.2 Å². The van der Waals surface area contributed by atoms with Gasteiger partial charge in [-0.25, -0.2) is 0 Å². The van der Waals surface area contributed by atoms with Crippen LogP contribution in [0.1, 0.15) is 65.2 Å². The quantitative estimate of drug-likeness (QED) is 0.574. The van der Waals surface area contributed by atoms with Crippen LogP contribution in [0, 0.1) is 0 Å². The van der Waals surface area contributed by atoms with Gasteiger partial charge in [0.05, 0.1) is 0 Å². The highest BCUT2D eigenvalue weighted by atomic mass is 16.5. The lowest BCUT2D eigenvalue weighted by molar-refractivity contribution is -0.146. The number of carbonyl (C=O) groups is 2. The molecule has 0 saturated heterocycles. The van der Waals surface area contributed by atoms with Crippen molar-refractivity contribution in [1.82, 2.24) is 0 Å². The first kappa shape index (κ1) is 16.7. The molecule has 0 aromatic carbocycles. The van der Waals surface area contributed by atoms with Crippen molar-refractivity contribution < 1.29 is 19.1 Å². The highest BCUT2D eigenvalue weighted by Crippen LogP contribution is 2.17. The summed E-state index contributed by atoms with van der Waals surface area (Å²) in [5, 5.41) is 0. The minimum absolute atomic E-state index is 0.204. The van der Waals surface area contributed by atoms with Crippen molar-refractivity contribution in [1.29, 1.82) is 0 Å². The first-order chi connectivity index (χ1) is 9.58. The molecular formula is C16H26O4. The number of ether oxygens (including phenoxy) is 2. The zero-order valence-corrected chi connectivity index (χ0v) is 12.6. The molecule has 0 heterocycles. The molecule has 1 aliphatic rings. The first-order valence-corrected chi connectivity index (χ1v) is 7.60. The Kier molecular flexibility index (Phi) is 8.00. The molecule has 0 N–H and O–H groups in total. The van der Waals surface area contributed by atoms with Gasteiger partial charge in [-0.1, -0.05) is 25.7 Å². The van der Waals surface area contributed by atoms with Crippen LogP contribution in [0.4, 0.5) is 0 Å². The molecule has 4 nitrogen and oxygen atoms in total. The summed E-state index contributed by atoms with van der Waals surface area (Å²) in [6.45, 7) is 2.85. The Morgan fingerprint density at radius 3 is 1.45 bits per heavy atom. The van der Waals surface area contributed by atoms with E-state index in [9.17, 15) is 9.59 Å². The van der Waals surface area contributed by atoms with Crippen LogP contribution in [-0.4, -0.2) is 24.1 Å². The summed E-state index contributed by atoms with van der Waals surface area (Å²) in [4.78, 5) is 22.2. The zero-order chi connectivity index (χ0) is 14.8. The molecular weight excluding hydrogens is 256 g/mol. The van der Waals surface area contributed by atoms with Gasteiger partial charge in [-0.15, -0.1) is 0 Å². The molecule has 0 aromatic rings. The lowest BCUT2D eigenvalue weighted by atomic mass is 10.0. The summed E-state index contributed by atoms with van der Waals surface area (Å²) in [5.41, 5.74) is 0. The topological polar surface area (TPSA) is 52.6 Å². The summed E-state index contributed by atoms with van der Waals surface area (Å²) in [6, 6.07) is 0. The third kappa shape index (κ3) is 7.97. The number of hydrogen-bond donors (Lipinski definition) is 0. The van der Waals surface area contributed by atoms with Gasteiger partial charge in [-0.05, 0) is 37.8 Å². The van der Waals surface area contributed by atoms with Crippen LogP contribution in [-0.2, 0) is 19.1 Å². The van der Waals surface area contributed by atoms with Crippen LogP contribution in [0.5, 0.6) is 0 Å². The van der Waals surface area contributed by atoms with E-state index in [-0.39, 0.29) is 24.1 Å². The van der Waals surface area contributed by atoms with Gasteiger partial charge in [0, 0.05) is 13.8 Å². The van der Waals surface area contributed by atoms with Gasteiger partial charge in [0.2, 0.25) is 0 Å². The van der Waals surface area contributed by atoms with E-state index >= 15 is 0 Å². The monoisotopic (exact) mass is 282 g/mol. The Labute approximate surface area is 121 Å². The van der Waals surface area contributed by atoms with Crippen LogP contribution < -0.4 is 0 Å². The average Bonchev–Trinajstić information content (AvgIpc) is 2.34. The van der Waals surface area contributed by atoms with Crippen molar-refractivity contribution in [2.45, 2.75) is 77.4 Å². The minimum atomic E-state index is -0.268. The molecule has 0 aliphatic heterocycles. The molecule has 20 heavy (non-hydrogen) atoms. The Morgan fingerprint density at radius 1 is 0.750 bits per heavy atom. The molecule has 2 atom stereocenters. The molecule has 2 unspecified atom stereocenters. The number of esters is 2. The second-order valence-electron chi connectivity index (χ2n) is 5.38. The summed E-state index contributed by atoms with van der Waals surface area (Å²) in [6.07, 6.45) is 11.9. The van der Waals surface area contributed by atoms with E-state index in [0.29, 0.717) is 0 Å². The van der Waals surface area contributed by atoms with Crippen molar-refractivity contribution in [2.75, 3.05) is 0 Å². The Hall–Kier alpha value is -1.32. The fraction of sp³-hybridized carbons (Fsp3) is 0.750. The predicted octanol–water partition coefficient (Wildman–Crippen LogP) is 3.54. The summed E-state index contributed by atoms with van der Waals surface area (Å²) in [5.74, 6) is -0.536. The lowest BCUT2D eigenvalue weighted by Crippen LogP contribution is -2.18. The highest BCUT2D eigenvalue weighted by Gasteiger charge is 2.13. The molecule has 0 aromatic heterocycles. The van der Waals surface area contributed by atoms with E-state index in [0.717, 1.165) is 25.7 Å². The molecule has 114 valence electrons. The number of carbonyl (C=O) groups excluding carboxylic acids is 2. The molecule has 0 bridgehead atoms. The summed E-state index contributed by atoms with van der Waals surface area (Å²) >= 11 is 0. The molecule has 0 fully saturated rings. The third-order valence-corrected chi connectivity index (χ3v) is 3.40. The standard InChI is InChI=1S/C16H26O4/c1-13(17)19-15-9-7-5-3-4-6-8-10-16(12-11-15)20-14(2)18/h11-12,15-16H,3-10H2,1-2H3/b12-11+. The normalized spacial score (nSPS) is 26.7. The van der Waals surface area contributed by atoms with Crippen LogP contribution in [0.15, 0.2) is 12.2 Å². The van der Waals surface area contributed by atoms with Gasteiger partial charge in [0.25, 0.3) is 0 Å². The van der Waals surface area contributed by atoms with Crippen LogP contribution in [0.2, 0.25) is 0 Å². The third-order valence-electron chi connectivity index (χ3n) is 3.40. The summed E-state index contributed by atoms with van der Waals surface area (Å²) in [7, 11) is 0. The largest absolute Gasteiger partial charge is 0.458 e. The first-order valence-electron chi connectivity index (χ1n) is 7.60. The van der Waals surface area contributed by atoms with Crippen molar-refractivity contribution in [2.24, 2.45) is 0 Å². The highest BCUT2D eigenvalue weighted by molar-refractivity contribution is 5.66. The zero-order valence-electron chi connectivity index (χ0n) is 12.6. The van der Waals surface area contributed by atoms with Gasteiger partial charge in [-0.2, -0.15) is 0 Å². The second-order valence-corrected chi connectivity index (χ2v) is 5.38. The van der Waals surface area contributed by atoms with Crippen LogP contribution in [0.25, 0.3) is 0 Å². The van der Waals surface area contributed by atoms with E-state index in [4.69, 9.17) is 9.47 Å². The number of hydrogen-bond acceptors (Lipinski definition) is 4. The molecule has 0 saturated carbocycles. The SMILES string of the molecule is CC(=O)OC1/C=C/C(OC(C)=O)CCCCCCCC1. The molecule has 1 aliphatic carbocycles. The number of rotatable bonds is 2. The van der Waals surface area contributed by atoms with Crippen LogP contribution in [0.3, 0.4) is 0 Å². The van der Waals surface area contributed by atoms with Crippen molar-refractivity contribution >= 4 is 11.9 Å². The molecule has 4 heteroatoms. The Balaban J connectivity index is 2.65. The second kappa shape index (κ2) is 9.56. The van der Waals surface area contributed by atoms with Crippen molar-refractivity contribution in [3.8, 4) is 0 Å². The van der Waals surface area contributed by atoms with Gasteiger partial charge in [0.1, 0.15) is 12.2 Å². The fourth-order valence-electron chi connectivity index (χ4n) is 2.46. The average molecular weight is 282 g/mol. The van der Waals surface area contributed by atoms with Crippen LogP contribution >= 0.6 is 0 Å². The van der Waals surface area contributed by atoms with Gasteiger partial charge >= 0.3 is 11.9 Å². The van der Waals surface area contributed by atoms with Gasteiger partial charge < -0.3 is 9.47 Å². The molecule has 1 rings (SSSR count). The Morgan fingerprint density at radius 2 is 1.10 bits per heavy atom. The van der Waals surface area contributed by atoms with E-state index < -0.39 is 0 Å². The van der Waals surface area contributed by atoms with Gasteiger partial charge in [-0.3, -0.25) is 9.59 Å². The van der Waals surface area contributed by atoms with E-state index in [1.165, 1.54) is 39.5 Å². The maximum atomic E-state index is 11.1. The minimum Gasteiger partial charge on any atom is -0.458 e. The Bertz CT molecular complexity index is 303. The van der Waals surface area contributed by atoms with Crippen molar-refractivity contribution in [3.63, 3.8) is 0 Å². The van der Waals surface area contributed by atoms with Gasteiger partial charge in [0.15, 0.2) is 0 Å². The van der Waals surface area contributed by atoms with E-state index in [1.807, 2.05) is 12.2 Å². The summed E-state index contributed by atoms with van der Waals surface area (Å²) < 4.78 is 10.6. The van der Waals surface area contributed by atoms with E-state index in [2.05, 4.69) is 0 Å². The molecule has 0 radical (unpaired) electrons. The molecule has 0 amide bonds. The van der Waals surface area contributed by atoms with E-state index in [1.54, 1.807) is 0 Å². The maximum Gasteiger partial charge on any atom is 0.303 e. The molecule has 0 spiro atoms. The predicted molar refractivity (Wildman–Crippen MR) is 77.2 cm³/mol. The fourth-order valence-corrected chi connectivity index (χ4v) is 2.46. The maximum absolute atomic E-state index is 11.1. The smallest absolute Gasteiger partial charge is 0.303 e.